The van der Waals surface area contributed by atoms with Crippen molar-refractivity contribution >= 4 is 0 Å². The molecule has 24 heavy (non-hydrogen) atoms. The van der Waals surface area contributed by atoms with Gasteiger partial charge in [0.25, 0.3) is 0 Å². The van der Waals surface area contributed by atoms with Crippen LogP contribution in [0.2, 0.25) is 0 Å². The Bertz CT molecular complexity index is 566. The summed E-state index contributed by atoms with van der Waals surface area (Å²) in [6.07, 6.45) is 12.4. The van der Waals surface area contributed by atoms with Gasteiger partial charge in [-0.25, -0.2) is 0 Å². The summed E-state index contributed by atoms with van der Waals surface area (Å²) in [6.45, 7) is 9.59. The monoisotopic (exact) mass is 320 g/mol. The fourth-order valence-electron chi connectivity index (χ4n) is 2.59. The fraction of sp³-hybridized carbons (Fsp3) is 0.333. The van der Waals surface area contributed by atoms with E-state index in [9.17, 15) is 0 Å². The van der Waals surface area contributed by atoms with Crippen molar-refractivity contribution in [2.45, 2.75) is 51.9 Å². The van der Waals surface area contributed by atoms with Crippen LogP contribution in [0.5, 0.6) is 0 Å². The van der Waals surface area contributed by atoms with Gasteiger partial charge in [0.1, 0.15) is 0 Å². The number of hydrogen-bond acceptors (Lipinski definition) is 0. The van der Waals surface area contributed by atoms with Crippen LogP contribution in [0, 0.1) is 6.92 Å². The highest BCUT2D eigenvalue weighted by Crippen LogP contribution is 2.10. The number of aryl methyl sites for hydroxylation is 3. The number of hydrogen-bond donors (Lipinski definition) is 0. The first-order valence-electron chi connectivity index (χ1n) is 9.08. The molecule has 0 saturated carbocycles. The van der Waals surface area contributed by atoms with Crippen LogP contribution >= 0.6 is 0 Å². The zero-order chi connectivity index (χ0) is 17.5. The molecule has 0 aliphatic rings. The van der Waals surface area contributed by atoms with E-state index in [0.717, 1.165) is 12.8 Å². The molecule has 0 atom stereocenters. The van der Waals surface area contributed by atoms with Crippen molar-refractivity contribution in [3.05, 3.63) is 96.6 Å². The van der Waals surface area contributed by atoms with Gasteiger partial charge in [-0.05, 0) is 68.6 Å². The first kappa shape index (κ1) is 20.0. The first-order chi connectivity index (χ1) is 11.8. The van der Waals surface area contributed by atoms with Gasteiger partial charge in [-0.3, -0.25) is 0 Å². The Morgan fingerprint density at radius 2 is 1.33 bits per heavy atom. The molecule has 0 unspecified atom stereocenters. The lowest BCUT2D eigenvalue weighted by molar-refractivity contribution is 0.748. The third-order valence-corrected chi connectivity index (χ3v) is 4.08. The van der Waals surface area contributed by atoms with Crippen LogP contribution < -0.4 is 0 Å². The van der Waals surface area contributed by atoms with Gasteiger partial charge in [0.15, 0.2) is 0 Å². The average Bonchev–Trinajstić information content (AvgIpc) is 2.62. The van der Waals surface area contributed by atoms with Crippen molar-refractivity contribution in [2.24, 2.45) is 0 Å². The highest BCUT2D eigenvalue weighted by molar-refractivity contribution is 5.25. The second-order valence-electron chi connectivity index (χ2n) is 6.13. The predicted molar refractivity (Wildman–Crippen MR) is 109 cm³/mol. The average molecular weight is 321 g/mol. The van der Waals surface area contributed by atoms with E-state index in [1.165, 1.54) is 48.8 Å². The largest absolute Gasteiger partial charge is 0.103 e. The third kappa shape index (κ3) is 9.15. The molecule has 0 aliphatic heterocycles. The predicted octanol–water partition coefficient (Wildman–Crippen LogP) is 7.09. The van der Waals surface area contributed by atoms with Crippen LogP contribution in [0.1, 0.15) is 48.8 Å². The first-order valence-corrected chi connectivity index (χ1v) is 9.08. The molecule has 0 radical (unpaired) electrons. The number of unbranched alkanes of at least 4 members (excludes halogenated alkanes) is 3. The molecule has 2 aromatic rings. The molecule has 0 heteroatoms. The van der Waals surface area contributed by atoms with Gasteiger partial charge in [-0.15, -0.1) is 13.2 Å². The fourth-order valence-corrected chi connectivity index (χ4v) is 2.59. The summed E-state index contributed by atoms with van der Waals surface area (Å²) in [6, 6.07) is 19.2. The number of benzene rings is 2. The van der Waals surface area contributed by atoms with Crippen molar-refractivity contribution in [1.82, 2.24) is 0 Å². The van der Waals surface area contributed by atoms with E-state index < -0.39 is 0 Å². The Kier molecular flexibility index (Phi) is 11.1. The van der Waals surface area contributed by atoms with E-state index in [-0.39, 0.29) is 0 Å². The normalized spacial score (nSPS) is 9.71. The molecular weight excluding hydrogens is 288 g/mol. The van der Waals surface area contributed by atoms with Crippen molar-refractivity contribution in [3.63, 3.8) is 0 Å². The molecular formula is C24H32. The summed E-state index contributed by atoms with van der Waals surface area (Å²) in [5.41, 5.74) is 4.32. The number of allylic oxidation sites excluding steroid dienone is 2. The molecule has 0 aromatic heterocycles. The number of rotatable bonds is 9. The van der Waals surface area contributed by atoms with E-state index in [2.05, 4.69) is 74.7 Å². The maximum atomic E-state index is 3.71. The second kappa shape index (κ2) is 13.4. The smallest absolute Gasteiger partial charge is 0.0273 e. The molecule has 0 aliphatic carbocycles. The van der Waals surface area contributed by atoms with Crippen LogP contribution in [0.15, 0.2) is 79.9 Å². The maximum Gasteiger partial charge on any atom is -0.0273 e. The molecule has 0 heterocycles. The van der Waals surface area contributed by atoms with Crippen LogP contribution in [0.25, 0.3) is 0 Å². The van der Waals surface area contributed by atoms with Gasteiger partial charge in [-0.2, -0.15) is 0 Å². The lowest BCUT2D eigenvalue weighted by atomic mass is 10.0. The quantitative estimate of drug-likeness (QED) is 0.342. The minimum Gasteiger partial charge on any atom is -0.103 e. The maximum absolute atomic E-state index is 3.71. The molecule has 2 aromatic carbocycles. The van der Waals surface area contributed by atoms with Crippen LogP contribution in [-0.4, -0.2) is 0 Å². The topological polar surface area (TPSA) is 0 Å². The molecule has 0 fully saturated rings. The lowest BCUT2D eigenvalue weighted by Gasteiger charge is -2.02. The van der Waals surface area contributed by atoms with Gasteiger partial charge in [0.05, 0.1) is 0 Å². The summed E-state index contributed by atoms with van der Waals surface area (Å²) in [5.74, 6) is 0. The Balaban J connectivity index is 0.000000240. The minimum atomic E-state index is 1.12. The molecule has 0 spiro atoms. The molecule has 0 amide bonds. The van der Waals surface area contributed by atoms with E-state index in [0.29, 0.717) is 0 Å². The Morgan fingerprint density at radius 1 is 0.708 bits per heavy atom. The summed E-state index contributed by atoms with van der Waals surface area (Å²) in [5, 5.41) is 0. The molecule has 0 nitrogen and oxygen atoms in total. The molecule has 0 saturated heterocycles. The Labute approximate surface area is 148 Å². The van der Waals surface area contributed by atoms with Crippen LogP contribution in [0.3, 0.4) is 0 Å². The van der Waals surface area contributed by atoms with E-state index in [1.807, 2.05) is 12.2 Å². The molecule has 0 N–H and O–H groups in total. The minimum absolute atomic E-state index is 1.12. The van der Waals surface area contributed by atoms with E-state index >= 15 is 0 Å². The van der Waals surface area contributed by atoms with E-state index in [1.54, 1.807) is 0 Å². The molecule has 128 valence electrons. The second-order valence-corrected chi connectivity index (χ2v) is 6.13. The zero-order valence-corrected chi connectivity index (χ0v) is 15.2. The lowest BCUT2D eigenvalue weighted by Crippen LogP contribution is -1.87. The van der Waals surface area contributed by atoms with Crippen LogP contribution in [-0.2, 0) is 12.8 Å². The summed E-state index contributed by atoms with van der Waals surface area (Å²) in [4.78, 5) is 0. The summed E-state index contributed by atoms with van der Waals surface area (Å²) in [7, 11) is 0. The molecule has 2 rings (SSSR count). The summed E-state index contributed by atoms with van der Waals surface area (Å²) < 4.78 is 0. The molecule has 0 bridgehead atoms. The third-order valence-electron chi connectivity index (χ3n) is 4.08. The van der Waals surface area contributed by atoms with Crippen molar-refractivity contribution < 1.29 is 0 Å². The zero-order valence-electron chi connectivity index (χ0n) is 15.2. The van der Waals surface area contributed by atoms with Gasteiger partial charge < -0.3 is 0 Å². The van der Waals surface area contributed by atoms with Crippen LogP contribution in [0.4, 0.5) is 0 Å². The van der Waals surface area contributed by atoms with Crippen molar-refractivity contribution in [3.8, 4) is 0 Å². The van der Waals surface area contributed by atoms with Crippen molar-refractivity contribution in [1.29, 1.82) is 0 Å². The van der Waals surface area contributed by atoms with Gasteiger partial charge in [0.2, 0.25) is 0 Å². The standard InChI is InChI=1S/2C12H16/c1-3-4-5-9-12-10-7-6-8-11(12)2;1-2-3-4-6-9-12-10-7-5-8-11-12/h3,6-8,10H,1,4-5,9H2,2H3;2,5,7-8,10-11H,1,3-4,6,9H2. The van der Waals surface area contributed by atoms with Gasteiger partial charge in [0, 0.05) is 0 Å². The highest BCUT2D eigenvalue weighted by atomic mass is 14.0. The Hall–Kier alpha value is -2.08. The van der Waals surface area contributed by atoms with E-state index in [4.69, 9.17) is 0 Å². The highest BCUT2D eigenvalue weighted by Gasteiger charge is 1.94. The Morgan fingerprint density at radius 3 is 2.00 bits per heavy atom. The SMILES string of the molecule is C=CCCCCc1ccccc1.C=CCCCc1ccccc1C. The van der Waals surface area contributed by atoms with Gasteiger partial charge >= 0.3 is 0 Å². The summed E-state index contributed by atoms with van der Waals surface area (Å²) >= 11 is 0. The van der Waals surface area contributed by atoms with Crippen molar-refractivity contribution in [2.75, 3.05) is 0 Å². The van der Waals surface area contributed by atoms with Gasteiger partial charge in [-0.1, -0.05) is 66.7 Å².